The van der Waals surface area contributed by atoms with E-state index in [9.17, 15) is 0 Å². The van der Waals surface area contributed by atoms with Crippen molar-refractivity contribution >= 4 is 48.5 Å². The first kappa shape index (κ1) is 21.7. The number of allylic oxidation sites excluding steroid dienone is 1. The zero-order chi connectivity index (χ0) is 25.1. The van der Waals surface area contributed by atoms with Gasteiger partial charge in [0.2, 0.25) is 0 Å². The molecule has 1 unspecified atom stereocenters. The summed E-state index contributed by atoms with van der Waals surface area (Å²) in [5.74, 6) is 0.356. The third-order valence-corrected chi connectivity index (χ3v) is 9.21. The molecular weight excluding hydrogens is 478 g/mol. The number of benzene rings is 5. The molecule has 0 saturated heterocycles. The number of para-hydroxylation sites is 1. The molecule has 0 spiro atoms. The molecule has 2 heteroatoms. The van der Waals surface area contributed by atoms with Crippen LogP contribution in [0, 0.1) is 0 Å². The van der Waals surface area contributed by atoms with Crippen molar-refractivity contribution in [3.05, 3.63) is 144 Å². The maximum atomic E-state index is 2.45. The van der Waals surface area contributed by atoms with E-state index < -0.39 is 0 Å². The van der Waals surface area contributed by atoms with Crippen LogP contribution in [0.2, 0.25) is 0 Å². The standard InChI is InChI=1S/C36H25NS/c1-2-10-24(11-3-1)25-12-8-13-27(22-25)37-33-18-6-4-14-29(33)32-23-26(20-21-34(32)37)28-16-9-17-31-30-15-5-7-19-35(30)38-36(28)31/h1-22,26H,23H2. The maximum Gasteiger partial charge on any atom is 0.0537 e. The number of nitrogens with zero attached hydrogens (tertiary/aromatic N) is 1. The van der Waals surface area contributed by atoms with Crippen LogP contribution in [0.3, 0.4) is 0 Å². The average molecular weight is 504 g/mol. The quantitative estimate of drug-likeness (QED) is 0.226. The summed E-state index contributed by atoms with van der Waals surface area (Å²) in [6.45, 7) is 0. The highest BCUT2D eigenvalue weighted by Gasteiger charge is 2.25. The fourth-order valence-corrected chi connectivity index (χ4v) is 7.50. The molecule has 0 fully saturated rings. The molecule has 1 aliphatic rings. The van der Waals surface area contributed by atoms with Crippen LogP contribution in [0.4, 0.5) is 0 Å². The molecule has 0 saturated carbocycles. The van der Waals surface area contributed by atoms with Gasteiger partial charge in [-0.2, -0.15) is 0 Å². The summed E-state index contributed by atoms with van der Waals surface area (Å²) in [6, 6.07) is 44.1. The minimum Gasteiger partial charge on any atom is -0.310 e. The molecule has 0 N–H and O–H groups in total. The molecule has 1 nitrogen and oxygen atoms in total. The van der Waals surface area contributed by atoms with Crippen molar-refractivity contribution in [2.75, 3.05) is 0 Å². The van der Waals surface area contributed by atoms with Crippen LogP contribution in [0.5, 0.6) is 0 Å². The summed E-state index contributed by atoms with van der Waals surface area (Å²) in [6.07, 6.45) is 5.80. The second-order valence-electron chi connectivity index (χ2n) is 10.1. The highest BCUT2D eigenvalue weighted by molar-refractivity contribution is 7.26. The van der Waals surface area contributed by atoms with Crippen molar-refractivity contribution in [2.45, 2.75) is 12.3 Å². The zero-order valence-electron chi connectivity index (χ0n) is 20.8. The van der Waals surface area contributed by atoms with Crippen molar-refractivity contribution in [1.29, 1.82) is 0 Å². The normalized spacial score (nSPS) is 14.9. The van der Waals surface area contributed by atoms with Crippen molar-refractivity contribution in [3.63, 3.8) is 0 Å². The van der Waals surface area contributed by atoms with E-state index in [0.717, 1.165) is 6.42 Å². The summed E-state index contributed by atoms with van der Waals surface area (Å²) in [4.78, 5) is 0. The second-order valence-corrected chi connectivity index (χ2v) is 11.2. The fourth-order valence-electron chi connectivity index (χ4n) is 6.22. The molecule has 7 aromatic rings. The topological polar surface area (TPSA) is 4.93 Å². The first-order valence-electron chi connectivity index (χ1n) is 13.2. The third kappa shape index (κ3) is 3.31. The van der Waals surface area contributed by atoms with Gasteiger partial charge in [0.25, 0.3) is 0 Å². The number of hydrogen-bond donors (Lipinski definition) is 0. The molecule has 1 aliphatic carbocycles. The van der Waals surface area contributed by atoms with Gasteiger partial charge < -0.3 is 4.57 Å². The fraction of sp³-hybridized carbons (Fsp3) is 0.0556. The molecule has 38 heavy (non-hydrogen) atoms. The molecule has 0 radical (unpaired) electrons. The number of fused-ring (bicyclic) bond motifs is 6. The van der Waals surface area contributed by atoms with Crippen LogP contribution in [0.15, 0.2) is 127 Å². The molecule has 1 atom stereocenters. The third-order valence-electron chi connectivity index (χ3n) is 7.98. The Morgan fingerprint density at radius 3 is 2.29 bits per heavy atom. The van der Waals surface area contributed by atoms with Gasteiger partial charge in [-0.15, -0.1) is 11.3 Å². The summed E-state index contributed by atoms with van der Waals surface area (Å²) in [5.41, 5.74) is 9.14. The molecule has 180 valence electrons. The van der Waals surface area contributed by atoms with Crippen LogP contribution in [-0.2, 0) is 6.42 Å². The number of rotatable bonds is 3. The molecule has 0 aliphatic heterocycles. The Kier molecular flexibility index (Phi) is 4.89. The van der Waals surface area contributed by atoms with Crippen LogP contribution >= 0.6 is 11.3 Å². The van der Waals surface area contributed by atoms with Crippen molar-refractivity contribution in [2.24, 2.45) is 0 Å². The predicted octanol–water partition coefficient (Wildman–Crippen LogP) is 10.0. The first-order valence-corrected chi connectivity index (χ1v) is 14.0. The van der Waals surface area contributed by atoms with Gasteiger partial charge in [0.15, 0.2) is 0 Å². The molecule has 5 aromatic carbocycles. The lowest BCUT2D eigenvalue weighted by atomic mass is 9.86. The molecule has 0 amide bonds. The predicted molar refractivity (Wildman–Crippen MR) is 164 cm³/mol. The smallest absolute Gasteiger partial charge is 0.0537 e. The van der Waals surface area contributed by atoms with Gasteiger partial charge >= 0.3 is 0 Å². The van der Waals surface area contributed by atoms with Crippen LogP contribution in [0.25, 0.3) is 54.0 Å². The van der Waals surface area contributed by atoms with Crippen molar-refractivity contribution in [1.82, 2.24) is 4.57 Å². The lowest BCUT2D eigenvalue weighted by Gasteiger charge is -2.20. The van der Waals surface area contributed by atoms with E-state index >= 15 is 0 Å². The number of hydrogen-bond acceptors (Lipinski definition) is 1. The summed E-state index contributed by atoms with van der Waals surface area (Å²) >= 11 is 1.93. The van der Waals surface area contributed by atoms with E-state index in [1.807, 2.05) is 11.3 Å². The summed E-state index contributed by atoms with van der Waals surface area (Å²) in [5, 5.41) is 4.10. The zero-order valence-corrected chi connectivity index (χ0v) is 21.7. The maximum absolute atomic E-state index is 2.45. The van der Waals surface area contributed by atoms with E-state index in [1.165, 1.54) is 64.7 Å². The van der Waals surface area contributed by atoms with Gasteiger partial charge in [-0.3, -0.25) is 0 Å². The first-order chi connectivity index (χ1) is 18.8. The monoisotopic (exact) mass is 503 g/mol. The van der Waals surface area contributed by atoms with Gasteiger partial charge in [-0.05, 0) is 59.0 Å². The van der Waals surface area contributed by atoms with Crippen LogP contribution < -0.4 is 0 Å². The molecule has 0 bridgehead atoms. The largest absolute Gasteiger partial charge is 0.310 e. The Bertz CT molecular complexity index is 2000. The van der Waals surface area contributed by atoms with Gasteiger partial charge in [-0.1, -0.05) is 103 Å². The minimum atomic E-state index is 0.356. The molecule has 2 heterocycles. The molecule has 2 aromatic heterocycles. The Labute approximate surface area is 225 Å². The van der Waals surface area contributed by atoms with Gasteiger partial charge in [0.1, 0.15) is 0 Å². The molecule has 8 rings (SSSR count). The number of thiophene rings is 1. The summed E-state index contributed by atoms with van der Waals surface area (Å²) in [7, 11) is 0. The lowest BCUT2D eigenvalue weighted by molar-refractivity contribution is 0.833. The van der Waals surface area contributed by atoms with Gasteiger partial charge in [0.05, 0.1) is 5.52 Å². The van der Waals surface area contributed by atoms with Crippen LogP contribution in [-0.4, -0.2) is 4.57 Å². The second kappa shape index (κ2) is 8.58. The SMILES string of the molecule is C1=CC(c2cccc3c2sc2ccccc23)Cc2c1n(-c1cccc(-c3ccccc3)c1)c1ccccc21. The van der Waals surface area contributed by atoms with Crippen molar-refractivity contribution < 1.29 is 0 Å². The van der Waals surface area contributed by atoms with Gasteiger partial charge in [0, 0.05) is 42.9 Å². The highest BCUT2D eigenvalue weighted by Crippen LogP contribution is 2.43. The Morgan fingerprint density at radius 1 is 0.632 bits per heavy atom. The minimum absolute atomic E-state index is 0.356. The van der Waals surface area contributed by atoms with Crippen LogP contribution in [0.1, 0.15) is 22.7 Å². The van der Waals surface area contributed by atoms with E-state index in [-0.39, 0.29) is 0 Å². The van der Waals surface area contributed by atoms with Gasteiger partial charge in [-0.25, -0.2) is 0 Å². The highest BCUT2D eigenvalue weighted by atomic mass is 32.1. The molecular formula is C36H25NS. The van der Waals surface area contributed by atoms with E-state index in [1.54, 1.807) is 0 Å². The van der Waals surface area contributed by atoms with E-state index in [0.29, 0.717) is 5.92 Å². The lowest BCUT2D eigenvalue weighted by Crippen LogP contribution is -2.07. The Hall–Kier alpha value is -4.40. The summed E-state index contributed by atoms with van der Waals surface area (Å²) < 4.78 is 5.24. The number of aromatic nitrogens is 1. The van der Waals surface area contributed by atoms with Crippen molar-refractivity contribution in [3.8, 4) is 16.8 Å². The van der Waals surface area contributed by atoms with E-state index in [4.69, 9.17) is 0 Å². The van der Waals surface area contributed by atoms with E-state index in [2.05, 4.69) is 138 Å². The Balaban J connectivity index is 1.28. The Morgan fingerprint density at radius 2 is 1.37 bits per heavy atom. The average Bonchev–Trinajstić information content (AvgIpc) is 3.53.